The smallest absolute Gasteiger partial charge is 0.326 e. The van der Waals surface area contributed by atoms with Gasteiger partial charge in [0.05, 0.1) is 12.7 Å². The molecule has 0 bridgehead atoms. The lowest BCUT2D eigenvalue weighted by Gasteiger charge is -2.11. The molecule has 7 nitrogen and oxygen atoms in total. The van der Waals surface area contributed by atoms with Crippen LogP contribution in [0.5, 0.6) is 0 Å². The van der Waals surface area contributed by atoms with Crippen LogP contribution in [0.25, 0.3) is 0 Å². The van der Waals surface area contributed by atoms with Crippen molar-refractivity contribution in [2.75, 3.05) is 0 Å². The van der Waals surface area contributed by atoms with E-state index in [4.69, 9.17) is 15.3 Å². The van der Waals surface area contributed by atoms with Crippen LogP contribution in [0.1, 0.15) is 22.5 Å². The molecule has 1 aromatic rings. The first-order valence-corrected chi connectivity index (χ1v) is 4.78. The zero-order valence-corrected chi connectivity index (χ0v) is 9.10. The monoisotopic (exact) mass is 240 g/mol. The third-order valence-electron chi connectivity index (χ3n) is 2.08. The molecule has 0 aromatic carbocycles. The molecule has 1 atom stereocenters. The molecule has 4 N–H and O–H groups in total. The topological polar surface area (TPSA) is 123 Å². The molecule has 0 spiro atoms. The minimum atomic E-state index is -1.36. The van der Waals surface area contributed by atoms with Crippen molar-refractivity contribution >= 4 is 17.8 Å². The first-order valence-electron chi connectivity index (χ1n) is 4.78. The van der Waals surface area contributed by atoms with Crippen LogP contribution in [0, 0.1) is 6.92 Å². The second-order valence-electron chi connectivity index (χ2n) is 3.47. The number of carbonyl (C=O) groups is 3. The number of carboxylic acid groups (broad SMARTS) is 1. The highest BCUT2D eigenvalue weighted by Crippen LogP contribution is 2.08. The Balaban J connectivity index is 2.74. The third kappa shape index (κ3) is 3.33. The Hall–Kier alpha value is -2.31. The van der Waals surface area contributed by atoms with Gasteiger partial charge in [-0.25, -0.2) is 4.79 Å². The average Bonchev–Trinajstić information content (AvgIpc) is 2.62. The highest BCUT2D eigenvalue weighted by Gasteiger charge is 2.24. The van der Waals surface area contributed by atoms with Crippen LogP contribution in [0.3, 0.4) is 0 Å². The fourth-order valence-corrected chi connectivity index (χ4v) is 1.23. The van der Waals surface area contributed by atoms with Crippen LogP contribution >= 0.6 is 0 Å². The van der Waals surface area contributed by atoms with Gasteiger partial charge in [0.25, 0.3) is 5.91 Å². The lowest BCUT2D eigenvalue weighted by molar-refractivity contribution is -0.140. The molecule has 1 rings (SSSR count). The van der Waals surface area contributed by atoms with Gasteiger partial charge in [0, 0.05) is 5.56 Å². The quantitative estimate of drug-likeness (QED) is 0.649. The number of primary amides is 1. The number of hydrogen-bond acceptors (Lipinski definition) is 4. The Morgan fingerprint density at radius 1 is 1.53 bits per heavy atom. The van der Waals surface area contributed by atoms with Gasteiger partial charge in [0.1, 0.15) is 6.04 Å². The van der Waals surface area contributed by atoms with E-state index in [1.165, 1.54) is 6.26 Å². The van der Waals surface area contributed by atoms with Crippen molar-refractivity contribution in [2.24, 2.45) is 5.73 Å². The summed E-state index contributed by atoms with van der Waals surface area (Å²) in [6.45, 7) is 1.64. The van der Waals surface area contributed by atoms with Gasteiger partial charge in [-0.2, -0.15) is 0 Å². The summed E-state index contributed by atoms with van der Waals surface area (Å²) < 4.78 is 4.89. The standard InChI is InChI=1S/C10H12N2O5/c1-5-2-3-17-8(5)9(14)12-6(10(15)16)4-7(11)13/h2-3,6H,4H2,1H3,(H2,11,13)(H,12,14)(H,15,16)/t6-/m1/s1. The van der Waals surface area contributed by atoms with Crippen molar-refractivity contribution in [1.82, 2.24) is 5.32 Å². The lowest BCUT2D eigenvalue weighted by Crippen LogP contribution is -2.43. The van der Waals surface area contributed by atoms with Gasteiger partial charge < -0.3 is 20.6 Å². The summed E-state index contributed by atoms with van der Waals surface area (Å²) in [7, 11) is 0. The molecule has 0 aliphatic rings. The van der Waals surface area contributed by atoms with Gasteiger partial charge in [-0.05, 0) is 13.0 Å². The van der Waals surface area contributed by atoms with Crippen LogP contribution in [-0.2, 0) is 9.59 Å². The summed E-state index contributed by atoms with van der Waals surface area (Å²) in [5.74, 6) is -2.82. The van der Waals surface area contributed by atoms with E-state index in [0.29, 0.717) is 5.56 Å². The minimum Gasteiger partial charge on any atom is -0.480 e. The molecule has 17 heavy (non-hydrogen) atoms. The summed E-state index contributed by atoms with van der Waals surface area (Å²) in [6.07, 6.45) is 0.842. The molecular weight excluding hydrogens is 228 g/mol. The highest BCUT2D eigenvalue weighted by atomic mass is 16.4. The lowest BCUT2D eigenvalue weighted by atomic mass is 10.2. The number of carboxylic acids is 1. The van der Waals surface area contributed by atoms with E-state index >= 15 is 0 Å². The van der Waals surface area contributed by atoms with Crippen LogP contribution in [0.4, 0.5) is 0 Å². The van der Waals surface area contributed by atoms with Crippen molar-refractivity contribution in [3.05, 3.63) is 23.7 Å². The zero-order chi connectivity index (χ0) is 13.0. The van der Waals surface area contributed by atoms with Crippen LogP contribution < -0.4 is 11.1 Å². The second kappa shape index (κ2) is 5.15. The maximum Gasteiger partial charge on any atom is 0.326 e. The molecular formula is C10H12N2O5. The van der Waals surface area contributed by atoms with Gasteiger partial charge in [0.15, 0.2) is 5.76 Å². The molecule has 7 heteroatoms. The van der Waals surface area contributed by atoms with E-state index in [9.17, 15) is 14.4 Å². The molecule has 0 aliphatic heterocycles. The third-order valence-corrected chi connectivity index (χ3v) is 2.08. The number of rotatable bonds is 5. The number of aliphatic carboxylic acids is 1. The molecule has 0 aliphatic carbocycles. The molecule has 0 radical (unpaired) electrons. The highest BCUT2D eigenvalue weighted by molar-refractivity contribution is 5.96. The van der Waals surface area contributed by atoms with E-state index in [-0.39, 0.29) is 5.76 Å². The number of amides is 2. The number of aryl methyl sites for hydroxylation is 1. The maximum absolute atomic E-state index is 11.6. The van der Waals surface area contributed by atoms with Crippen molar-refractivity contribution in [1.29, 1.82) is 0 Å². The number of carbonyl (C=O) groups excluding carboxylic acids is 2. The van der Waals surface area contributed by atoms with Gasteiger partial charge in [-0.1, -0.05) is 0 Å². The molecule has 1 heterocycles. The Labute approximate surface area is 96.6 Å². The maximum atomic E-state index is 11.6. The van der Waals surface area contributed by atoms with Crippen molar-refractivity contribution in [3.8, 4) is 0 Å². The summed E-state index contributed by atoms with van der Waals surface area (Å²) in [5, 5.41) is 10.9. The SMILES string of the molecule is Cc1ccoc1C(=O)N[C@H](CC(N)=O)C(=O)O. The van der Waals surface area contributed by atoms with Crippen molar-refractivity contribution in [2.45, 2.75) is 19.4 Å². The summed E-state index contributed by atoms with van der Waals surface area (Å²) in [5.41, 5.74) is 5.45. The van der Waals surface area contributed by atoms with Gasteiger partial charge >= 0.3 is 5.97 Å². The number of nitrogens with one attached hydrogen (secondary N) is 1. The number of furan rings is 1. The molecule has 92 valence electrons. The predicted octanol–water partition coefficient (Wildman–Crippen LogP) is -0.354. The Morgan fingerprint density at radius 2 is 2.18 bits per heavy atom. The van der Waals surface area contributed by atoms with Gasteiger partial charge in [-0.3, -0.25) is 9.59 Å². The average molecular weight is 240 g/mol. The molecule has 0 fully saturated rings. The van der Waals surface area contributed by atoms with E-state index in [1.54, 1.807) is 13.0 Å². The van der Waals surface area contributed by atoms with Crippen LogP contribution in [0.15, 0.2) is 16.7 Å². The normalized spacial score (nSPS) is 11.8. The first-order chi connectivity index (χ1) is 7.91. The van der Waals surface area contributed by atoms with E-state index in [1.807, 2.05) is 0 Å². The van der Waals surface area contributed by atoms with Crippen LogP contribution in [0.2, 0.25) is 0 Å². The molecule has 2 amide bonds. The summed E-state index contributed by atoms with van der Waals surface area (Å²) in [6, 6.07) is 0.211. The minimum absolute atomic E-state index is 0.0146. The van der Waals surface area contributed by atoms with Crippen molar-refractivity contribution in [3.63, 3.8) is 0 Å². The second-order valence-corrected chi connectivity index (χ2v) is 3.47. The zero-order valence-electron chi connectivity index (χ0n) is 9.10. The van der Waals surface area contributed by atoms with E-state index in [2.05, 4.69) is 5.32 Å². The number of nitrogens with two attached hydrogens (primary N) is 1. The van der Waals surface area contributed by atoms with E-state index < -0.39 is 30.2 Å². The van der Waals surface area contributed by atoms with Gasteiger partial charge in [0.2, 0.25) is 5.91 Å². The molecule has 0 unspecified atom stereocenters. The Kier molecular flexibility index (Phi) is 3.86. The molecule has 1 aromatic heterocycles. The van der Waals surface area contributed by atoms with E-state index in [0.717, 1.165) is 0 Å². The molecule has 0 saturated carbocycles. The number of hydrogen-bond donors (Lipinski definition) is 3. The van der Waals surface area contributed by atoms with Gasteiger partial charge in [-0.15, -0.1) is 0 Å². The van der Waals surface area contributed by atoms with Crippen molar-refractivity contribution < 1.29 is 23.9 Å². The Morgan fingerprint density at radius 3 is 2.59 bits per heavy atom. The first kappa shape index (κ1) is 12.8. The Bertz CT molecular complexity index is 451. The molecule has 0 saturated heterocycles. The summed E-state index contributed by atoms with van der Waals surface area (Å²) >= 11 is 0. The fourth-order valence-electron chi connectivity index (χ4n) is 1.23. The van der Waals surface area contributed by atoms with Crippen LogP contribution in [-0.4, -0.2) is 28.9 Å². The fraction of sp³-hybridized carbons (Fsp3) is 0.300. The largest absolute Gasteiger partial charge is 0.480 e. The predicted molar refractivity (Wildman–Crippen MR) is 56.1 cm³/mol. The summed E-state index contributed by atoms with van der Waals surface area (Å²) in [4.78, 5) is 33.0.